The van der Waals surface area contributed by atoms with E-state index in [1.807, 2.05) is 24.3 Å². The van der Waals surface area contributed by atoms with Crippen molar-refractivity contribution in [2.45, 2.75) is 12.6 Å². The largest absolute Gasteiger partial charge is 0.467 e. The van der Waals surface area contributed by atoms with Gasteiger partial charge in [-0.15, -0.1) is 0 Å². The predicted octanol–water partition coefficient (Wildman–Crippen LogP) is 4.26. The van der Waals surface area contributed by atoms with Crippen molar-refractivity contribution in [3.05, 3.63) is 83.8 Å². The lowest BCUT2D eigenvalue weighted by Gasteiger charge is -2.12. The molecule has 28 heavy (non-hydrogen) atoms. The molecule has 1 amide bonds. The summed E-state index contributed by atoms with van der Waals surface area (Å²) in [5.41, 5.74) is 2.58. The molecule has 0 bridgehead atoms. The number of pyridine rings is 2. The van der Waals surface area contributed by atoms with E-state index >= 15 is 0 Å². The summed E-state index contributed by atoms with van der Waals surface area (Å²) < 4.78 is 41.7. The summed E-state index contributed by atoms with van der Waals surface area (Å²) >= 11 is 0. The minimum absolute atomic E-state index is 0.0763. The zero-order valence-electron chi connectivity index (χ0n) is 14.6. The van der Waals surface area contributed by atoms with Gasteiger partial charge in [-0.3, -0.25) is 9.78 Å². The van der Waals surface area contributed by atoms with Crippen LogP contribution in [0.5, 0.6) is 5.88 Å². The SMILES string of the molecule is O=C(Nc1ccc(Cc2ccncc2)cc1)c1cccnc1OCC(F)(F)F. The number of aromatic nitrogens is 2. The van der Waals surface area contributed by atoms with Crippen molar-refractivity contribution < 1.29 is 22.7 Å². The molecular formula is C20H16F3N3O2. The molecule has 0 saturated heterocycles. The Morgan fingerprint density at radius 1 is 0.964 bits per heavy atom. The van der Waals surface area contributed by atoms with Gasteiger partial charge in [-0.25, -0.2) is 4.98 Å². The lowest BCUT2D eigenvalue weighted by atomic mass is 10.1. The number of alkyl halides is 3. The summed E-state index contributed by atoms with van der Waals surface area (Å²) in [5.74, 6) is -0.973. The van der Waals surface area contributed by atoms with Crippen LogP contribution in [0.2, 0.25) is 0 Å². The Kier molecular flexibility index (Phi) is 5.88. The van der Waals surface area contributed by atoms with Gasteiger partial charge in [0.25, 0.3) is 5.91 Å². The molecule has 0 atom stereocenters. The number of carbonyl (C=O) groups is 1. The van der Waals surface area contributed by atoms with Crippen LogP contribution in [0.25, 0.3) is 0 Å². The fourth-order valence-electron chi connectivity index (χ4n) is 2.47. The van der Waals surface area contributed by atoms with E-state index < -0.39 is 18.7 Å². The normalized spacial score (nSPS) is 11.1. The van der Waals surface area contributed by atoms with E-state index in [4.69, 9.17) is 0 Å². The molecule has 0 unspecified atom stereocenters. The number of amides is 1. The maximum Gasteiger partial charge on any atom is 0.422 e. The molecule has 0 radical (unpaired) electrons. The van der Waals surface area contributed by atoms with Crippen LogP contribution in [0.1, 0.15) is 21.5 Å². The summed E-state index contributed by atoms with van der Waals surface area (Å²) in [6.45, 7) is -1.52. The smallest absolute Gasteiger partial charge is 0.422 e. The number of nitrogens with one attached hydrogen (secondary N) is 1. The highest BCUT2D eigenvalue weighted by molar-refractivity contribution is 6.05. The van der Waals surface area contributed by atoms with Crippen molar-refractivity contribution in [3.63, 3.8) is 0 Å². The van der Waals surface area contributed by atoms with Gasteiger partial charge >= 0.3 is 6.18 Å². The molecule has 0 spiro atoms. The molecule has 0 aliphatic carbocycles. The molecule has 5 nitrogen and oxygen atoms in total. The van der Waals surface area contributed by atoms with Gasteiger partial charge in [0.05, 0.1) is 0 Å². The second-order valence-electron chi connectivity index (χ2n) is 5.94. The van der Waals surface area contributed by atoms with Gasteiger partial charge in [-0.1, -0.05) is 12.1 Å². The number of anilines is 1. The van der Waals surface area contributed by atoms with Gasteiger partial charge in [-0.2, -0.15) is 13.2 Å². The first-order valence-electron chi connectivity index (χ1n) is 8.34. The minimum Gasteiger partial charge on any atom is -0.467 e. The van der Waals surface area contributed by atoms with Crippen LogP contribution < -0.4 is 10.1 Å². The van der Waals surface area contributed by atoms with Gasteiger partial charge in [0, 0.05) is 24.3 Å². The zero-order chi connectivity index (χ0) is 20.0. The predicted molar refractivity (Wildman–Crippen MR) is 97.2 cm³/mol. The van der Waals surface area contributed by atoms with Crippen molar-refractivity contribution in [2.24, 2.45) is 0 Å². The average molecular weight is 387 g/mol. The van der Waals surface area contributed by atoms with Crippen molar-refractivity contribution >= 4 is 11.6 Å². The highest BCUT2D eigenvalue weighted by Crippen LogP contribution is 2.21. The minimum atomic E-state index is -4.52. The second kappa shape index (κ2) is 8.51. The Labute approximate surface area is 159 Å². The molecule has 144 valence electrons. The van der Waals surface area contributed by atoms with E-state index in [0.29, 0.717) is 5.69 Å². The first-order chi connectivity index (χ1) is 13.4. The number of hydrogen-bond donors (Lipinski definition) is 1. The van der Waals surface area contributed by atoms with Crippen LogP contribution >= 0.6 is 0 Å². The number of halogens is 3. The van der Waals surface area contributed by atoms with Crippen molar-refractivity contribution in [1.82, 2.24) is 9.97 Å². The topological polar surface area (TPSA) is 64.1 Å². The van der Waals surface area contributed by atoms with Gasteiger partial charge < -0.3 is 10.1 Å². The average Bonchev–Trinajstić information content (AvgIpc) is 2.68. The molecule has 3 aromatic rings. The van der Waals surface area contributed by atoms with E-state index in [0.717, 1.165) is 17.5 Å². The van der Waals surface area contributed by atoms with Crippen LogP contribution in [0, 0.1) is 0 Å². The number of benzene rings is 1. The van der Waals surface area contributed by atoms with Crippen LogP contribution in [0.15, 0.2) is 67.1 Å². The Hall–Kier alpha value is -3.42. The van der Waals surface area contributed by atoms with E-state index in [1.165, 1.54) is 18.3 Å². The molecule has 2 aromatic heterocycles. The van der Waals surface area contributed by atoms with E-state index in [2.05, 4.69) is 20.0 Å². The van der Waals surface area contributed by atoms with E-state index in [9.17, 15) is 18.0 Å². The molecule has 0 aliphatic heterocycles. The maximum absolute atomic E-state index is 12.4. The first kappa shape index (κ1) is 19.3. The Morgan fingerprint density at radius 3 is 2.32 bits per heavy atom. The molecule has 3 rings (SSSR count). The summed E-state index contributed by atoms with van der Waals surface area (Å²) in [6, 6.07) is 13.8. The summed E-state index contributed by atoms with van der Waals surface area (Å²) in [6.07, 6.45) is 0.896. The standard InChI is InChI=1S/C20H16F3N3O2/c21-20(22,23)13-28-19-17(2-1-9-25-19)18(27)26-16-5-3-14(4-6-16)12-15-7-10-24-11-8-15/h1-11H,12-13H2,(H,26,27). The first-order valence-corrected chi connectivity index (χ1v) is 8.34. The number of rotatable bonds is 6. The highest BCUT2D eigenvalue weighted by atomic mass is 19.4. The number of hydrogen-bond acceptors (Lipinski definition) is 4. The van der Waals surface area contributed by atoms with Crippen LogP contribution in [0.4, 0.5) is 18.9 Å². The maximum atomic E-state index is 12.4. The third-order valence-corrected chi connectivity index (χ3v) is 3.76. The Balaban J connectivity index is 1.66. The quantitative estimate of drug-likeness (QED) is 0.686. The lowest BCUT2D eigenvalue weighted by molar-refractivity contribution is -0.154. The molecule has 0 saturated carbocycles. The van der Waals surface area contributed by atoms with Crippen LogP contribution in [-0.2, 0) is 6.42 Å². The van der Waals surface area contributed by atoms with Crippen molar-refractivity contribution in [1.29, 1.82) is 0 Å². The summed E-state index contributed by atoms with van der Waals surface area (Å²) in [4.78, 5) is 20.1. The number of carbonyl (C=O) groups excluding carboxylic acids is 1. The monoisotopic (exact) mass is 387 g/mol. The van der Waals surface area contributed by atoms with Gasteiger partial charge in [0.15, 0.2) is 6.61 Å². The van der Waals surface area contributed by atoms with Gasteiger partial charge in [0.2, 0.25) is 5.88 Å². The summed E-state index contributed by atoms with van der Waals surface area (Å²) in [5, 5.41) is 2.64. The van der Waals surface area contributed by atoms with Crippen LogP contribution in [-0.4, -0.2) is 28.7 Å². The molecule has 2 heterocycles. The second-order valence-corrected chi connectivity index (χ2v) is 5.94. The fraction of sp³-hybridized carbons (Fsp3) is 0.150. The third kappa shape index (κ3) is 5.54. The van der Waals surface area contributed by atoms with E-state index in [-0.39, 0.29) is 11.4 Å². The Morgan fingerprint density at radius 2 is 1.64 bits per heavy atom. The highest BCUT2D eigenvalue weighted by Gasteiger charge is 2.29. The van der Waals surface area contributed by atoms with Crippen molar-refractivity contribution in [3.8, 4) is 5.88 Å². The Bertz CT molecular complexity index is 929. The zero-order valence-corrected chi connectivity index (χ0v) is 14.6. The molecule has 8 heteroatoms. The van der Waals surface area contributed by atoms with Gasteiger partial charge in [-0.05, 0) is 53.9 Å². The molecular weight excluding hydrogens is 371 g/mol. The molecule has 0 aliphatic rings. The fourth-order valence-corrected chi connectivity index (χ4v) is 2.47. The van der Waals surface area contributed by atoms with E-state index in [1.54, 1.807) is 24.5 Å². The molecule has 0 fully saturated rings. The molecule has 1 aromatic carbocycles. The third-order valence-electron chi connectivity index (χ3n) is 3.76. The number of ether oxygens (including phenoxy) is 1. The van der Waals surface area contributed by atoms with Gasteiger partial charge in [0.1, 0.15) is 5.56 Å². The molecule has 1 N–H and O–H groups in total. The van der Waals surface area contributed by atoms with Crippen molar-refractivity contribution in [2.75, 3.05) is 11.9 Å². The number of nitrogens with zero attached hydrogens (tertiary/aromatic N) is 2. The van der Waals surface area contributed by atoms with Crippen LogP contribution in [0.3, 0.4) is 0 Å². The lowest BCUT2D eigenvalue weighted by Crippen LogP contribution is -2.22. The summed E-state index contributed by atoms with van der Waals surface area (Å²) in [7, 11) is 0.